The zero-order valence-electron chi connectivity index (χ0n) is 10.0. The Morgan fingerprint density at radius 3 is 3.06 bits per heavy atom. The van der Waals surface area contributed by atoms with Crippen molar-refractivity contribution < 1.29 is 0 Å². The molecule has 1 N–H and O–H groups in total. The van der Waals surface area contributed by atoms with Gasteiger partial charge in [0.1, 0.15) is 0 Å². The van der Waals surface area contributed by atoms with Gasteiger partial charge in [0.05, 0.1) is 6.04 Å². The summed E-state index contributed by atoms with van der Waals surface area (Å²) in [5.74, 6) is 0.987. The summed E-state index contributed by atoms with van der Waals surface area (Å²) in [6.45, 7) is 5.48. The Morgan fingerprint density at radius 2 is 2.29 bits per heavy atom. The first-order valence-electron chi connectivity index (χ1n) is 6.14. The fraction of sp³-hybridized carbons (Fsp3) is 0.727. The number of hydrogen-bond acceptors (Lipinski definition) is 5. The maximum Gasteiger partial charge on any atom is 0.209 e. The lowest BCUT2D eigenvalue weighted by Crippen LogP contribution is -2.17. The van der Waals surface area contributed by atoms with Crippen LogP contribution in [0.2, 0.25) is 0 Å². The van der Waals surface area contributed by atoms with Gasteiger partial charge in [-0.25, -0.2) is 4.68 Å². The highest BCUT2D eigenvalue weighted by atomic mass is 32.2. The summed E-state index contributed by atoms with van der Waals surface area (Å²) >= 11 is 1.72. The summed E-state index contributed by atoms with van der Waals surface area (Å²) in [4.78, 5) is 0. The Kier molecular flexibility index (Phi) is 5.00. The summed E-state index contributed by atoms with van der Waals surface area (Å²) in [6, 6.07) is 0.522. The van der Waals surface area contributed by atoms with Gasteiger partial charge in [-0.05, 0) is 23.3 Å². The van der Waals surface area contributed by atoms with Crippen molar-refractivity contribution in [3.8, 4) is 0 Å². The SMILES string of the molecule is C=CCNCCSc1nnnn1C1CCCC1. The van der Waals surface area contributed by atoms with Gasteiger partial charge in [-0.2, -0.15) is 0 Å². The number of nitrogens with zero attached hydrogens (tertiary/aromatic N) is 4. The van der Waals surface area contributed by atoms with Crippen LogP contribution in [0.25, 0.3) is 0 Å². The summed E-state index contributed by atoms with van der Waals surface area (Å²) in [6.07, 6.45) is 6.90. The summed E-state index contributed by atoms with van der Waals surface area (Å²) in [7, 11) is 0. The molecule has 1 heterocycles. The quantitative estimate of drug-likeness (QED) is 0.455. The number of rotatable bonds is 7. The van der Waals surface area contributed by atoms with Crippen LogP contribution in [0.3, 0.4) is 0 Å². The van der Waals surface area contributed by atoms with Gasteiger partial charge in [-0.15, -0.1) is 11.7 Å². The third-order valence-electron chi connectivity index (χ3n) is 2.93. The molecule has 0 unspecified atom stereocenters. The standard InChI is InChI=1S/C11H19N5S/c1-2-7-12-8-9-17-11-13-14-15-16(11)10-5-3-4-6-10/h2,10,12H,1,3-9H2. The van der Waals surface area contributed by atoms with E-state index >= 15 is 0 Å². The van der Waals surface area contributed by atoms with Gasteiger partial charge in [0.25, 0.3) is 0 Å². The number of aromatic nitrogens is 4. The van der Waals surface area contributed by atoms with Crippen LogP contribution in [0.1, 0.15) is 31.7 Å². The van der Waals surface area contributed by atoms with Crippen LogP contribution in [-0.2, 0) is 0 Å². The zero-order chi connectivity index (χ0) is 11.9. The van der Waals surface area contributed by atoms with Crippen molar-refractivity contribution in [1.29, 1.82) is 0 Å². The molecule has 94 valence electrons. The lowest BCUT2D eigenvalue weighted by atomic mass is 10.3. The molecule has 5 nitrogen and oxygen atoms in total. The molecule has 0 amide bonds. The Bertz CT molecular complexity index is 345. The minimum absolute atomic E-state index is 0.522. The molecule has 1 saturated carbocycles. The number of tetrazole rings is 1. The second kappa shape index (κ2) is 6.76. The Labute approximate surface area is 106 Å². The maximum atomic E-state index is 4.11. The van der Waals surface area contributed by atoms with Gasteiger partial charge >= 0.3 is 0 Å². The van der Waals surface area contributed by atoms with E-state index in [1.54, 1.807) is 11.8 Å². The normalized spacial score (nSPS) is 16.5. The first-order valence-corrected chi connectivity index (χ1v) is 7.12. The van der Waals surface area contributed by atoms with Crippen LogP contribution < -0.4 is 5.32 Å². The van der Waals surface area contributed by atoms with E-state index in [1.807, 2.05) is 10.8 Å². The Balaban J connectivity index is 1.79. The molecule has 1 aliphatic carbocycles. The minimum Gasteiger partial charge on any atom is -0.312 e. The van der Waals surface area contributed by atoms with Crippen molar-refractivity contribution in [2.45, 2.75) is 36.9 Å². The van der Waals surface area contributed by atoms with Crippen molar-refractivity contribution in [2.24, 2.45) is 0 Å². The van der Waals surface area contributed by atoms with Crippen molar-refractivity contribution in [3.05, 3.63) is 12.7 Å². The predicted molar refractivity (Wildman–Crippen MR) is 69.1 cm³/mol. The third kappa shape index (κ3) is 3.54. The molecule has 1 fully saturated rings. The maximum absolute atomic E-state index is 4.11. The highest BCUT2D eigenvalue weighted by Crippen LogP contribution is 2.31. The van der Waals surface area contributed by atoms with Crippen molar-refractivity contribution >= 4 is 11.8 Å². The molecule has 0 saturated heterocycles. The minimum atomic E-state index is 0.522. The van der Waals surface area contributed by atoms with Crippen LogP contribution in [0.5, 0.6) is 0 Å². The molecule has 2 rings (SSSR count). The average Bonchev–Trinajstić information content (AvgIpc) is 2.98. The Hall–Kier alpha value is -0.880. The van der Waals surface area contributed by atoms with Gasteiger partial charge < -0.3 is 5.32 Å². The second-order valence-corrected chi connectivity index (χ2v) is 5.25. The van der Waals surface area contributed by atoms with Gasteiger partial charge in [0, 0.05) is 18.8 Å². The molecule has 0 bridgehead atoms. The molecule has 0 aliphatic heterocycles. The van der Waals surface area contributed by atoms with Gasteiger partial charge in [0.15, 0.2) is 0 Å². The average molecular weight is 253 g/mol. The fourth-order valence-corrected chi connectivity index (χ4v) is 2.92. The predicted octanol–water partition coefficient (Wildman–Crippen LogP) is 1.66. The Morgan fingerprint density at radius 1 is 1.47 bits per heavy atom. The van der Waals surface area contributed by atoms with Crippen LogP contribution in [0.15, 0.2) is 17.8 Å². The molecular weight excluding hydrogens is 234 g/mol. The first kappa shape index (κ1) is 12.6. The molecule has 17 heavy (non-hydrogen) atoms. The monoisotopic (exact) mass is 253 g/mol. The van der Waals surface area contributed by atoms with E-state index < -0.39 is 0 Å². The highest BCUT2D eigenvalue weighted by Gasteiger charge is 2.21. The smallest absolute Gasteiger partial charge is 0.209 e. The van der Waals surface area contributed by atoms with E-state index in [4.69, 9.17) is 0 Å². The van der Waals surface area contributed by atoms with Gasteiger partial charge in [-0.3, -0.25) is 0 Å². The van der Waals surface area contributed by atoms with E-state index in [2.05, 4.69) is 27.4 Å². The number of thioether (sulfide) groups is 1. The first-order chi connectivity index (χ1) is 8.42. The van der Waals surface area contributed by atoms with Gasteiger partial charge in [-0.1, -0.05) is 30.7 Å². The molecule has 0 atom stereocenters. The van der Waals surface area contributed by atoms with Crippen molar-refractivity contribution in [1.82, 2.24) is 25.5 Å². The second-order valence-electron chi connectivity index (χ2n) is 4.19. The molecule has 6 heteroatoms. The van der Waals surface area contributed by atoms with Crippen molar-refractivity contribution in [2.75, 3.05) is 18.8 Å². The topological polar surface area (TPSA) is 55.6 Å². The molecule has 0 spiro atoms. The highest BCUT2D eigenvalue weighted by molar-refractivity contribution is 7.99. The van der Waals surface area contributed by atoms with E-state index in [0.717, 1.165) is 24.0 Å². The third-order valence-corrected chi connectivity index (χ3v) is 3.87. The summed E-state index contributed by atoms with van der Waals surface area (Å²) < 4.78 is 2.01. The fourth-order valence-electron chi connectivity index (χ4n) is 2.08. The molecule has 0 radical (unpaired) electrons. The van der Waals surface area contributed by atoms with Gasteiger partial charge in [0.2, 0.25) is 5.16 Å². The van der Waals surface area contributed by atoms with Crippen LogP contribution >= 0.6 is 11.8 Å². The molecule has 0 aromatic carbocycles. The largest absolute Gasteiger partial charge is 0.312 e. The van der Waals surface area contributed by atoms with Crippen LogP contribution in [0, 0.1) is 0 Å². The number of hydrogen-bond donors (Lipinski definition) is 1. The zero-order valence-corrected chi connectivity index (χ0v) is 10.8. The van der Waals surface area contributed by atoms with E-state index in [0.29, 0.717) is 6.04 Å². The lowest BCUT2D eigenvalue weighted by Gasteiger charge is -2.10. The summed E-state index contributed by atoms with van der Waals surface area (Å²) in [5.41, 5.74) is 0. The number of nitrogens with one attached hydrogen (secondary N) is 1. The van der Waals surface area contributed by atoms with Crippen LogP contribution in [0.4, 0.5) is 0 Å². The van der Waals surface area contributed by atoms with E-state index in [1.165, 1.54) is 25.7 Å². The lowest BCUT2D eigenvalue weighted by molar-refractivity contribution is 0.423. The molecule has 1 aliphatic rings. The molecular formula is C11H19N5S. The van der Waals surface area contributed by atoms with E-state index in [9.17, 15) is 0 Å². The van der Waals surface area contributed by atoms with Crippen molar-refractivity contribution in [3.63, 3.8) is 0 Å². The van der Waals surface area contributed by atoms with E-state index in [-0.39, 0.29) is 0 Å². The van der Waals surface area contributed by atoms with Crippen LogP contribution in [-0.4, -0.2) is 39.0 Å². The summed E-state index contributed by atoms with van der Waals surface area (Å²) in [5, 5.41) is 16.2. The molecule has 1 aromatic heterocycles. The molecule has 1 aromatic rings.